The molecule has 23 heavy (non-hydrogen) atoms. The largest absolute Gasteiger partial charge is 1.00 e. The standard InChI is InChI=1S/C15H24N2O5.ClH/c18-10-6-17(7-11-19,8-12-20)9-13-22-15(21)16-14-4-2-1-3-5-14;/h1-5,18-20H,6-13H2;1H. The highest BCUT2D eigenvalue weighted by Gasteiger charge is 2.26. The zero-order valence-electron chi connectivity index (χ0n) is 13.0. The van der Waals surface area contributed by atoms with Crippen molar-refractivity contribution in [1.29, 1.82) is 0 Å². The molecule has 0 aromatic heterocycles. The number of aliphatic hydroxyl groups is 3. The van der Waals surface area contributed by atoms with E-state index in [2.05, 4.69) is 5.32 Å². The lowest BCUT2D eigenvalue weighted by atomic mass is 10.3. The van der Waals surface area contributed by atoms with Gasteiger partial charge in [-0.2, -0.15) is 0 Å². The second-order valence-corrected chi connectivity index (χ2v) is 5.03. The van der Waals surface area contributed by atoms with Crippen molar-refractivity contribution in [3.05, 3.63) is 30.3 Å². The number of halogens is 1. The Labute approximate surface area is 142 Å². The summed E-state index contributed by atoms with van der Waals surface area (Å²) >= 11 is 0. The maximum Gasteiger partial charge on any atom is 0.411 e. The van der Waals surface area contributed by atoms with Gasteiger partial charge in [-0.1, -0.05) is 18.2 Å². The Kier molecular flexibility index (Phi) is 11.4. The molecule has 0 spiro atoms. The fourth-order valence-electron chi connectivity index (χ4n) is 2.31. The van der Waals surface area contributed by atoms with E-state index in [1.165, 1.54) is 0 Å². The van der Waals surface area contributed by atoms with Gasteiger partial charge in [-0.05, 0) is 12.1 Å². The number of rotatable bonds is 10. The van der Waals surface area contributed by atoms with E-state index >= 15 is 0 Å². The fraction of sp³-hybridized carbons (Fsp3) is 0.533. The van der Waals surface area contributed by atoms with Gasteiger partial charge in [0.2, 0.25) is 0 Å². The predicted octanol–water partition coefficient (Wildman–Crippen LogP) is -2.97. The molecule has 132 valence electrons. The summed E-state index contributed by atoms with van der Waals surface area (Å²) in [5.41, 5.74) is 0.648. The van der Waals surface area contributed by atoms with Crippen LogP contribution in [0.4, 0.5) is 10.5 Å². The first kappa shape index (κ1) is 21.6. The molecule has 0 aliphatic heterocycles. The number of nitrogens with zero attached hydrogens (tertiary/aromatic N) is 1. The summed E-state index contributed by atoms with van der Waals surface area (Å²) in [6.45, 7) is 1.56. The van der Waals surface area contributed by atoms with Crippen LogP contribution in [0.3, 0.4) is 0 Å². The highest BCUT2D eigenvalue weighted by molar-refractivity contribution is 5.84. The van der Waals surface area contributed by atoms with Crippen molar-refractivity contribution in [3.63, 3.8) is 0 Å². The van der Waals surface area contributed by atoms with Crippen LogP contribution in [0.1, 0.15) is 0 Å². The Balaban J connectivity index is 0.00000484. The minimum absolute atomic E-state index is 0. The van der Waals surface area contributed by atoms with Gasteiger partial charge in [-0.3, -0.25) is 5.32 Å². The number of ether oxygens (including phenoxy) is 1. The number of amides is 1. The summed E-state index contributed by atoms with van der Waals surface area (Å²) < 4.78 is 5.44. The first-order valence-corrected chi connectivity index (χ1v) is 7.32. The zero-order valence-corrected chi connectivity index (χ0v) is 13.8. The average Bonchev–Trinajstić information content (AvgIpc) is 2.49. The van der Waals surface area contributed by atoms with Crippen molar-refractivity contribution in [2.24, 2.45) is 0 Å². The minimum Gasteiger partial charge on any atom is -1.00 e. The normalized spacial score (nSPS) is 10.7. The van der Waals surface area contributed by atoms with E-state index in [1.807, 2.05) is 6.07 Å². The van der Waals surface area contributed by atoms with Crippen LogP contribution < -0.4 is 17.7 Å². The molecule has 0 radical (unpaired) electrons. The third kappa shape index (κ3) is 8.15. The highest BCUT2D eigenvalue weighted by Crippen LogP contribution is 2.08. The predicted molar refractivity (Wildman–Crippen MR) is 82.4 cm³/mol. The van der Waals surface area contributed by atoms with Crippen LogP contribution in [0.2, 0.25) is 0 Å². The number of carbonyl (C=O) groups is 1. The lowest BCUT2D eigenvalue weighted by Gasteiger charge is -2.37. The second kappa shape index (κ2) is 12.1. The molecular weight excluding hydrogens is 324 g/mol. The molecule has 0 unspecified atom stereocenters. The number of quaternary nitrogens is 1. The topological polar surface area (TPSA) is 99.0 Å². The third-order valence-corrected chi connectivity index (χ3v) is 3.54. The summed E-state index contributed by atoms with van der Waals surface area (Å²) in [6, 6.07) is 8.97. The molecule has 0 fully saturated rings. The van der Waals surface area contributed by atoms with Gasteiger partial charge in [0, 0.05) is 5.69 Å². The Bertz CT molecular complexity index is 416. The van der Waals surface area contributed by atoms with Crippen LogP contribution in [0.25, 0.3) is 0 Å². The summed E-state index contributed by atoms with van der Waals surface area (Å²) in [6.07, 6.45) is -0.554. The summed E-state index contributed by atoms with van der Waals surface area (Å²) in [5, 5.41) is 30.1. The van der Waals surface area contributed by atoms with Crippen LogP contribution in [0.5, 0.6) is 0 Å². The summed E-state index contributed by atoms with van der Waals surface area (Å²) in [7, 11) is 0. The number of carbonyl (C=O) groups excluding carboxylic acids is 1. The van der Waals surface area contributed by atoms with E-state index in [1.54, 1.807) is 24.3 Å². The number of para-hydroxylation sites is 1. The number of anilines is 1. The quantitative estimate of drug-likeness (QED) is 0.339. The van der Waals surface area contributed by atoms with E-state index in [4.69, 9.17) is 20.1 Å². The van der Waals surface area contributed by atoms with Gasteiger partial charge < -0.3 is 36.9 Å². The van der Waals surface area contributed by atoms with Crippen molar-refractivity contribution in [2.45, 2.75) is 0 Å². The van der Waals surface area contributed by atoms with Gasteiger partial charge in [-0.25, -0.2) is 4.79 Å². The first-order chi connectivity index (χ1) is 10.7. The fourth-order valence-corrected chi connectivity index (χ4v) is 2.31. The summed E-state index contributed by atoms with van der Waals surface area (Å²) in [4.78, 5) is 11.7. The molecular formula is C15H25ClN2O5. The molecule has 0 aliphatic rings. The Hall–Kier alpha value is -1.38. The molecule has 1 aromatic rings. The number of nitrogens with one attached hydrogen (secondary N) is 1. The van der Waals surface area contributed by atoms with Gasteiger partial charge in [0.1, 0.15) is 32.8 Å². The van der Waals surface area contributed by atoms with Crippen LogP contribution in [-0.2, 0) is 4.74 Å². The van der Waals surface area contributed by atoms with E-state index in [-0.39, 0.29) is 38.8 Å². The smallest absolute Gasteiger partial charge is 0.411 e. The third-order valence-electron chi connectivity index (χ3n) is 3.54. The molecule has 0 saturated carbocycles. The van der Waals surface area contributed by atoms with Crippen molar-refractivity contribution >= 4 is 11.8 Å². The second-order valence-electron chi connectivity index (χ2n) is 5.03. The van der Waals surface area contributed by atoms with Crippen molar-refractivity contribution in [2.75, 3.05) is 57.9 Å². The van der Waals surface area contributed by atoms with Crippen molar-refractivity contribution in [3.8, 4) is 0 Å². The number of hydrogen-bond donors (Lipinski definition) is 4. The van der Waals surface area contributed by atoms with Crippen LogP contribution in [-0.4, -0.2) is 78.5 Å². The molecule has 0 aliphatic carbocycles. The molecule has 1 amide bonds. The molecule has 4 N–H and O–H groups in total. The molecule has 7 nitrogen and oxygen atoms in total. The van der Waals surface area contributed by atoms with Crippen LogP contribution in [0.15, 0.2) is 30.3 Å². The van der Waals surface area contributed by atoms with Crippen molar-refractivity contribution in [1.82, 2.24) is 0 Å². The van der Waals surface area contributed by atoms with Gasteiger partial charge in [0.15, 0.2) is 0 Å². The maximum atomic E-state index is 11.7. The first-order valence-electron chi connectivity index (χ1n) is 7.32. The minimum atomic E-state index is -0.554. The Morgan fingerprint density at radius 3 is 1.96 bits per heavy atom. The van der Waals surface area contributed by atoms with Crippen LogP contribution in [0, 0.1) is 0 Å². The molecule has 8 heteroatoms. The number of benzene rings is 1. The number of aliphatic hydroxyl groups excluding tert-OH is 3. The number of hydrogen-bond acceptors (Lipinski definition) is 5. The highest BCUT2D eigenvalue weighted by atomic mass is 35.5. The van der Waals surface area contributed by atoms with Gasteiger partial charge in [0.05, 0.1) is 19.8 Å². The zero-order chi connectivity index (χ0) is 16.3. The molecule has 0 saturated heterocycles. The van der Waals surface area contributed by atoms with Crippen LogP contribution >= 0.6 is 0 Å². The Morgan fingerprint density at radius 1 is 0.957 bits per heavy atom. The maximum absolute atomic E-state index is 11.7. The monoisotopic (exact) mass is 348 g/mol. The van der Waals surface area contributed by atoms with E-state index in [0.717, 1.165) is 0 Å². The average molecular weight is 349 g/mol. The SMILES string of the molecule is O=C(Nc1ccccc1)OCC[N+](CCO)(CCO)CCO.[Cl-]. The molecule has 1 aromatic carbocycles. The Morgan fingerprint density at radius 2 is 1.48 bits per heavy atom. The molecule has 0 bridgehead atoms. The van der Waals surface area contributed by atoms with E-state index in [0.29, 0.717) is 36.3 Å². The van der Waals surface area contributed by atoms with E-state index < -0.39 is 6.09 Å². The molecule has 0 atom stereocenters. The van der Waals surface area contributed by atoms with Crippen molar-refractivity contribution < 1.29 is 41.7 Å². The van der Waals surface area contributed by atoms with Gasteiger partial charge in [-0.15, -0.1) is 0 Å². The van der Waals surface area contributed by atoms with Gasteiger partial charge >= 0.3 is 6.09 Å². The van der Waals surface area contributed by atoms with E-state index in [9.17, 15) is 4.79 Å². The lowest BCUT2D eigenvalue weighted by Crippen LogP contribution is -3.00. The van der Waals surface area contributed by atoms with Gasteiger partial charge in [0.25, 0.3) is 0 Å². The summed E-state index contributed by atoms with van der Waals surface area (Å²) in [5.74, 6) is 0. The molecule has 0 heterocycles. The molecule has 1 rings (SSSR count). The lowest BCUT2D eigenvalue weighted by molar-refractivity contribution is -0.929.